The van der Waals surface area contributed by atoms with Crippen LogP contribution in [-0.2, 0) is 6.42 Å². The van der Waals surface area contributed by atoms with Crippen LogP contribution in [0.1, 0.15) is 51.2 Å². The zero-order valence-corrected chi connectivity index (χ0v) is 15.9. The monoisotopic (exact) mass is 358 g/mol. The van der Waals surface area contributed by atoms with E-state index in [1.807, 2.05) is 19.1 Å². The average Bonchev–Trinajstić information content (AvgIpc) is 3.05. The van der Waals surface area contributed by atoms with E-state index in [0.29, 0.717) is 24.7 Å². The van der Waals surface area contributed by atoms with Crippen LogP contribution in [0.5, 0.6) is 17.2 Å². The van der Waals surface area contributed by atoms with Crippen molar-refractivity contribution in [2.45, 2.75) is 52.7 Å². The van der Waals surface area contributed by atoms with Crippen LogP contribution in [-0.4, -0.2) is 12.9 Å². The van der Waals surface area contributed by atoms with Gasteiger partial charge in [-0.25, -0.2) is 4.39 Å². The van der Waals surface area contributed by atoms with Crippen molar-refractivity contribution < 1.29 is 18.6 Å². The minimum Gasteiger partial charge on any atom is -0.493 e. The number of hydrogen-bond donors (Lipinski definition) is 0. The highest BCUT2D eigenvalue weighted by Gasteiger charge is 2.30. The van der Waals surface area contributed by atoms with Gasteiger partial charge in [-0.2, -0.15) is 0 Å². The van der Waals surface area contributed by atoms with Crippen molar-refractivity contribution in [2.24, 2.45) is 5.92 Å². The molecule has 3 rings (SSSR count). The van der Waals surface area contributed by atoms with E-state index in [4.69, 9.17) is 14.2 Å². The normalized spacial score (nSPS) is 16.8. The summed E-state index contributed by atoms with van der Waals surface area (Å²) in [7, 11) is 0. The molecule has 2 atom stereocenters. The fraction of sp³-hybridized carbons (Fsp3) is 0.455. The predicted molar refractivity (Wildman–Crippen MR) is 101 cm³/mol. The quantitative estimate of drug-likeness (QED) is 0.634. The molecule has 3 nitrogen and oxygen atoms in total. The largest absolute Gasteiger partial charge is 0.493 e. The lowest BCUT2D eigenvalue weighted by atomic mass is 9.97. The van der Waals surface area contributed by atoms with Crippen LogP contribution in [0.25, 0.3) is 0 Å². The van der Waals surface area contributed by atoms with Crippen molar-refractivity contribution in [2.75, 3.05) is 6.61 Å². The Morgan fingerprint density at radius 2 is 1.85 bits per heavy atom. The van der Waals surface area contributed by atoms with Gasteiger partial charge in [0, 0.05) is 6.42 Å². The van der Waals surface area contributed by atoms with Gasteiger partial charge in [0.25, 0.3) is 0 Å². The first kappa shape index (κ1) is 18.6. The Kier molecular flexibility index (Phi) is 5.70. The molecule has 2 unspecified atom stereocenters. The molecule has 0 N–H and O–H groups in total. The summed E-state index contributed by atoms with van der Waals surface area (Å²) in [5, 5.41) is 0. The Labute approximate surface area is 155 Å². The zero-order valence-electron chi connectivity index (χ0n) is 15.9. The molecule has 4 heteroatoms. The van der Waals surface area contributed by atoms with Crippen molar-refractivity contribution in [3.63, 3.8) is 0 Å². The van der Waals surface area contributed by atoms with Gasteiger partial charge in [-0.05, 0) is 47.6 Å². The highest BCUT2D eigenvalue weighted by molar-refractivity contribution is 5.49. The molecule has 0 aromatic heterocycles. The van der Waals surface area contributed by atoms with E-state index in [-0.39, 0.29) is 17.5 Å². The molecule has 0 aliphatic carbocycles. The second kappa shape index (κ2) is 7.98. The lowest BCUT2D eigenvalue weighted by Gasteiger charge is -2.18. The first-order valence-corrected chi connectivity index (χ1v) is 9.35. The summed E-state index contributed by atoms with van der Waals surface area (Å²) in [6, 6.07) is 11.3. The lowest BCUT2D eigenvalue weighted by molar-refractivity contribution is 0.0347. The van der Waals surface area contributed by atoms with Crippen molar-refractivity contribution in [1.29, 1.82) is 0 Å². The maximum absolute atomic E-state index is 14.0. The van der Waals surface area contributed by atoms with E-state index in [1.54, 1.807) is 6.07 Å². The third-order valence-corrected chi connectivity index (χ3v) is 4.58. The maximum Gasteiger partial charge on any atom is 0.242 e. The van der Waals surface area contributed by atoms with Crippen molar-refractivity contribution in [1.82, 2.24) is 0 Å². The van der Waals surface area contributed by atoms with Gasteiger partial charge >= 0.3 is 0 Å². The molecule has 0 amide bonds. The van der Waals surface area contributed by atoms with Gasteiger partial charge in [-0.3, -0.25) is 0 Å². The van der Waals surface area contributed by atoms with Gasteiger partial charge in [0.15, 0.2) is 11.6 Å². The molecule has 0 saturated carbocycles. The number of halogens is 1. The van der Waals surface area contributed by atoms with Crippen LogP contribution in [0.3, 0.4) is 0 Å². The van der Waals surface area contributed by atoms with Crippen LogP contribution in [0.15, 0.2) is 36.4 Å². The van der Waals surface area contributed by atoms with Gasteiger partial charge in [0.1, 0.15) is 5.75 Å². The van der Waals surface area contributed by atoms with E-state index < -0.39 is 6.29 Å². The van der Waals surface area contributed by atoms with Crippen molar-refractivity contribution in [3.8, 4) is 17.2 Å². The van der Waals surface area contributed by atoms with Crippen molar-refractivity contribution in [3.05, 3.63) is 53.3 Å². The molecule has 0 bridgehead atoms. The summed E-state index contributed by atoms with van der Waals surface area (Å²) >= 11 is 0. The summed E-state index contributed by atoms with van der Waals surface area (Å²) in [5.41, 5.74) is 2.13. The van der Waals surface area contributed by atoms with E-state index in [0.717, 1.165) is 23.3 Å². The van der Waals surface area contributed by atoms with Gasteiger partial charge in [-0.15, -0.1) is 0 Å². The molecule has 140 valence electrons. The van der Waals surface area contributed by atoms with E-state index in [9.17, 15) is 4.39 Å². The third kappa shape index (κ3) is 4.12. The smallest absolute Gasteiger partial charge is 0.242 e. The molecule has 1 heterocycles. The Hall–Kier alpha value is -2.23. The van der Waals surface area contributed by atoms with E-state index in [1.165, 1.54) is 6.07 Å². The number of fused-ring (bicyclic) bond motifs is 1. The van der Waals surface area contributed by atoms with Crippen molar-refractivity contribution >= 4 is 0 Å². The van der Waals surface area contributed by atoms with Gasteiger partial charge in [0.05, 0.1) is 6.61 Å². The molecule has 0 fully saturated rings. The topological polar surface area (TPSA) is 27.7 Å². The minimum atomic E-state index is -0.470. The predicted octanol–water partition coefficient (Wildman–Crippen LogP) is 5.71. The number of hydrogen-bond acceptors (Lipinski definition) is 3. The first-order valence-electron chi connectivity index (χ1n) is 9.35. The molecule has 1 aliphatic heterocycles. The molecule has 2 aromatic rings. The molecule has 26 heavy (non-hydrogen) atoms. The zero-order chi connectivity index (χ0) is 18.7. The summed E-state index contributed by atoms with van der Waals surface area (Å²) in [6.07, 6.45) is 0.955. The van der Waals surface area contributed by atoms with Gasteiger partial charge in [-0.1, -0.05) is 45.9 Å². The standard InChI is InChI=1S/C22H27FO3/c1-5-16-9-10-19(23)22-21(16)25-20(26-22)11-15(4)17-7-6-8-18(12-17)24-13-14(2)3/h6-10,12,14-15,20H,5,11,13H2,1-4H3. The fourth-order valence-electron chi connectivity index (χ4n) is 3.08. The molecule has 1 aliphatic rings. The third-order valence-electron chi connectivity index (χ3n) is 4.58. The van der Waals surface area contributed by atoms with Gasteiger partial charge in [0.2, 0.25) is 12.0 Å². The molecule has 0 saturated heterocycles. The second-order valence-corrected chi connectivity index (χ2v) is 7.30. The average molecular weight is 358 g/mol. The Morgan fingerprint density at radius 3 is 2.58 bits per heavy atom. The molecule has 2 aromatic carbocycles. The van der Waals surface area contributed by atoms with E-state index in [2.05, 4.69) is 32.9 Å². The number of ether oxygens (including phenoxy) is 3. The summed E-state index contributed by atoms with van der Waals surface area (Å²) in [4.78, 5) is 0. The van der Waals surface area contributed by atoms with Crippen LogP contribution in [0.2, 0.25) is 0 Å². The minimum absolute atomic E-state index is 0.199. The number of rotatable bonds is 7. The van der Waals surface area contributed by atoms with E-state index >= 15 is 0 Å². The Bertz CT molecular complexity index is 757. The summed E-state index contributed by atoms with van der Waals surface area (Å²) < 4.78 is 31.5. The highest BCUT2D eigenvalue weighted by Crippen LogP contribution is 2.42. The highest BCUT2D eigenvalue weighted by atomic mass is 19.1. The van der Waals surface area contributed by atoms with Crippen LogP contribution in [0.4, 0.5) is 4.39 Å². The second-order valence-electron chi connectivity index (χ2n) is 7.30. The molecule has 0 radical (unpaired) electrons. The molecule has 0 spiro atoms. The fourth-order valence-corrected chi connectivity index (χ4v) is 3.08. The number of benzene rings is 2. The molecular formula is C22H27FO3. The Balaban J connectivity index is 1.67. The Morgan fingerprint density at radius 1 is 1.08 bits per heavy atom. The van der Waals surface area contributed by atoms with Crippen LogP contribution >= 0.6 is 0 Å². The summed E-state index contributed by atoms with van der Waals surface area (Å²) in [5.74, 6) is 1.99. The summed E-state index contributed by atoms with van der Waals surface area (Å²) in [6.45, 7) is 9.09. The SMILES string of the molecule is CCc1ccc(F)c2c1OC(CC(C)c1cccc(OCC(C)C)c1)O2. The number of aryl methyl sites for hydroxylation is 1. The maximum atomic E-state index is 14.0. The van der Waals surface area contributed by atoms with Gasteiger partial charge < -0.3 is 14.2 Å². The first-order chi connectivity index (χ1) is 12.5. The lowest BCUT2D eigenvalue weighted by Crippen LogP contribution is -2.20. The van der Waals surface area contributed by atoms with Crippen LogP contribution < -0.4 is 14.2 Å². The van der Waals surface area contributed by atoms with Crippen LogP contribution in [0, 0.1) is 11.7 Å². The molecular weight excluding hydrogens is 331 g/mol.